The summed E-state index contributed by atoms with van der Waals surface area (Å²) in [6, 6.07) is 12.8. The molecule has 7 N–H and O–H groups in total. The van der Waals surface area contributed by atoms with Crippen molar-refractivity contribution >= 4 is 52.6 Å². The number of hydrogen-bond acceptors (Lipinski definition) is 10. The van der Waals surface area contributed by atoms with E-state index < -0.39 is 5.91 Å². The van der Waals surface area contributed by atoms with E-state index in [1.807, 2.05) is 0 Å². The number of phenols is 1. The van der Waals surface area contributed by atoms with Gasteiger partial charge in [-0.15, -0.1) is 5.10 Å². The Morgan fingerprint density at radius 2 is 2.05 bits per heavy atom. The molecule has 0 aliphatic rings. The zero-order valence-electron chi connectivity index (χ0n) is 20.2. The third-order valence-corrected chi connectivity index (χ3v) is 6.75. The van der Waals surface area contributed by atoms with Crippen LogP contribution in [0.1, 0.15) is 22.3 Å². The molecular formula is C25H22ClFN8O3S. The Balaban J connectivity index is 1.15. The normalized spacial score (nSPS) is 11.1. The van der Waals surface area contributed by atoms with Crippen molar-refractivity contribution in [2.45, 2.75) is 17.7 Å². The van der Waals surface area contributed by atoms with Gasteiger partial charge in [0, 0.05) is 23.2 Å². The number of nitrogens with two attached hydrogens (primary N) is 2. The van der Waals surface area contributed by atoms with Crippen LogP contribution >= 0.6 is 23.5 Å². The molecule has 2 aromatic carbocycles. The number of benzene rings is 2. The number of furan rings is 1. The van der Waals surface area contributed by atoms with Crippen LogP contribution in [-0.4, -0.2) is 37.1 Å². The van der Waals surface area contributed by atoms with E-state index in [1.54, 1.807) is 30.3 Å². The van der Waals surface area contributed by atoms with Crippen LogP contribution in [0.2, 0.25) is 5.02 Å². The summed E-state index contributed by atoms with van der Waals surface area (Å²) in [5.74, 6) is 0.569. The number of anilines is 3. The number of nitrogens with one attached hydrogen (secondary N) is 2. The van der Waals surface area contributed by atoms with Gasteiger partial charge in [0.2, 0.25) is 5.82 Å². The Morgan fingerprint density at radius 1 is 1.21 bits per heavy atom. The number of carbonyl (C=O) groups is 1. The number of nitrogen functional groups attached to an aromatic ring is 1. The van der Waals surface area contributed by atoms with Gasteiger partial charge in [0.25, 0.3) is 11.7 Å². The molecule has 11 nitrogen and oxygen atoms in total. The summed E-state index contributed by atoms with van der Waals surface area (Å²) < 4.78 is 24.5. The van der Waals surface area contributed by atoms with Crippen LogP contribution in [0.15, 0.2) is 64.1 Å². The molecule has 0 aliphatic carbocycles. The van der Waals surface area contributed by atoms with E-state index >= 15 is 0 Å². The van der Waals surface area contributed by atoms with Crippen molar-refractivity contribution in [3.05, 3.63) is 76.8 Å². The lowest BCUT2D eigenvalue weighted by Crippen LogP contribution is -2.11. The second-order valence-corrected chi connectivity index (χ2v) is 9.68. The third-order valence-electron chi connectivity index (χ3n) is 5.65. The van der Waals surface area contributed by atoms with Gasteiger partial charge in [-0.3, -0.25) is 4.79 Å². The van der Waals surface area contributed by atoms with Crippen LogP contribution in [0, 0.1) is 5.82 Å². The molecule has 1 amide bonds. The van der Waals surface area contributed by atoms with Gasteiger partial charge in [-0.25, -0.2) is 4.39 Å². The summed E-state index contributed by atoms with van der Waals surface area (Å²) >= 11 is 7.06. The highest BCUT2D eigenvalue weighted by Gasteiger charge is 2.15. The van der Waals surface area contributed by atoms with Gasteiger partial charge in [-0.2, -0.15) is 14.5 Å². The maximum Gasteiger partial charge on any atom is 0.256 e. The number of rotatable bonds is 10. The number of primary amides is 1. The fourth-order valence-electron chi connectivity index (χ4n) is 3.74. The maximum atomic E-state index is 14.7. The molecule has 0 spiro atoms. The summed E-state index contributed by atoms with van der Waals surface area (Å²) in [5.41, 5.74) is 12.3. The Hall–Kier alpha value is -4.49. The van der Waals surface area contributed by atoms with Gasteiger partial charge in [0.1, 0.15) is 23.2 Å². The number of carbonyl (C=O) groups excluding carboxylic acids is 1. The average molecular weight is 569 g/mol. The van der Waals surface area contributed by atoms with Crippen molar-refractivity contribution in [2.24, 2.45) is 5.73 Å². The number of nitrogens with zero attached hydrogens (tertiary/aromatic N) is 4. The van der Waals surface area contributed by atoms with E-state index in [0.717, 1.165) is 11.9 Å². The second-order valence-electron chi connectivity index (χ2n) is 8.40. The van der Waals surface area contributed by atoms with Crippen LogP contribution < -0.4 is 21.5 Å². The first-order valence-electron chi connectivity index (χ1n) is 11.6. The fraction of sp³-hybridized carbons (Fsp3) is 0.120. The minimum absolute atomic E-state index is 0.0105. The molecule has 5 aromatic rings. The quantitative estimate of drug-likeness (QED) is 0.117. The first-order valence-corrected chi connectivity index (χ1v) is 12.8. The predicted octanol–water partition coefficient (Wildman–Crippen LogP) is 4.73. The van der Waals surface area contributed by atoms with Crippen LogP contribution in [0.4, 0.5) is 21.7 Å². The molecule has 0 atom stereocenters. The number of aromatic hydroxyl groups is 1. The van der Waals surface area contributed by atoms with Crippen molar-refractivity contribution in [1.29, 1.82) is 0 Å². The Bertz CT molecular complexity index is 1660. The molecule has 0 saturated carbocycles. The molecule has 0 fully saturated rings. The molecule has 39 heavy (non-hydrogen) atoms. The predicted molar refractivity (Wildman–Crippen MR) is 147 cm³/mol. The minimum atomic E-state index is -0.806. The molecule has 5 rings (SSSR count). The molecule has 0 bridgehead atoms. The van der Waals surface area contributed by atoms with E-state index in [0.29, 0.717) is 64.5 Å². The van der Waals surface area contributed by atoms with Gasteiger partial charge in [-0.05, 0) is 66.8 Å². The fourth-order valence-corrected chi connectivity index (χ4v) is 4.74. The van der Waals surface area contributed by atoms with E-state index in [-0.39, 0.29) is 22.2 Å². The van der Waals surface area contributed by atoms with Crippen molar-refractivity contribution in [3.8, 4) is 17.3 Å². The van der Waals surface area contributed by atoms with Crippen molar-refractivity contribution < 1.29 is 18.7 Å². The average Bonchev–Trinajstić information content (AvgIpc) is 3.58. The van der Waals surface area contributed by atoms with Gasteiger partial charge in [0.05, 0.1) is 16.8 Å². The summed E-state index contributed by atoms with van der Waals surface area (Å²) in [6.07, 6.45) is 2.66. The standard InChI is InChI=1S/C25H22ClFN8O3S/c26-17-11-15(10-16(22(17)36)23(29)37)39-34-14-6-5-13(18(27)9-14)3-1-7-30-21-12-20(28)35-25(31-21)32-24(33-35)19-4-2-8-38-19/h2,4-6,8-12,34,36H,1,3,7,28H2,(H2,29,37)(H,30,31,32,33). The first kappa shape index (κ1) is 26.1. The lowest BCUT2D eigenvalue weighted by atomic mass is 10.1. The minimum Gasteiger partial charge on any atom is -0.506 e. The topological polar surface area (TPSA) is 170 Å². The Morgan fingerprint density at radius 3 is 2.79 bits per heavy atom. The van der Waals surface area contributed by atoms with Crippen LogP contribution in [0.5, 0.6) is 5.75 Å². The summed E-state index contributed by atoms with van der Waals surface area (Å²) in [6.45, 7) is 0.529. The number of amides is 1. The summed E-state index contributed by atoms with van der Waals surface area (Å²) in [5, 5.41) is 17.3. The van der Waals surface area contributed by atoms with Crippen molar-refractivity contribution in [1.82, 2.24) is 19.6 Å². The van der Waals surface area contributed by atoms with Gasteiger partial charge >= 0.3 is 0 Å². The molecular weight excluding hydrogens is 547 g/mol. The highest BCUT2D eigenvalue weighted by Crippen LogP contribution is 2.33. The lowest BCUT2D eigenvalue weighted by molar-refractivity contribution is 0.0997. The molecule has 200 valence electrons. The number of fused-ring (bicyclic) bond motifs is 1. The lowest BCUT2D eigenvalue weighted by Gasteiger charge is -2.11. The SMILES string of the molecule is NC(=O)c1cc(SNc2ccc(CCCNc3cc(N)n4nc(-c5ccco5)nc4n3)c(F)c2)cc(Cl)c1O. The molecule has 0 aliphatic heterocycles. The zero-order valence-corrected chi connectivity index (χ0v) is 21.8. The van der Waals surface area contributed by atoms with Crippen LogP contribution in [0.25, 0.3) is 17.4 Å². The van der Waals surface area contributed by atoms with Crippen molar-refractivity contribution in [3.63, 3.8) is 0 Å². The number of halogens is 2. The van der Waals surface area contributed by atoms with Gasteiger partial charge < -0.3 is 31.0 Å². The number of aryl methyl sites for hydroxylation is 1. The summed E-state index contributed by atoms with van der Waals surface area (Å²) in [4.78, 5) is 20.8. The van der Waals surface area contributed by atoms with Crippen molar-refractivity contribution in [2.75, 3.05) is 22.3 Å². The number of aromatic nitrogens is 4. The van der Waals surface area contributed by atoms with E-state index in [1.165, 1.54) is 29.0 Å². The van der Waals surface area contributed by atoms with Gasteiger partial charge in [-0.1, -0.05) is 17.7 Å². The third kappa shape index (κ3) is 5.84. The largest absolute Gasteiger partial charge is 0.506 e. The molecule has 14 heteroatoms. The highest BCUT2D eigenvalue weighted by molar-refractivity contribution is 8.00. The Labute approximate surface area is 230 Å². The maximum absolute atomic E-state index is 14.7. The molecule has 0 radical (unpaired) electrons. The van der Waals surface area contributed by atoms with Crippen LogP contribution in [0.3, 0.4) is 0 Å². The molecule has 3 heterocycles. The molecule has 0 unspecified atom stereocenters. The Kier molecular flexibility index (Phi) is 7.43. The smallest absolute Gasteiger partial charge is 0.256 e. The van der Waals surface area contributed by atoms with Gasteiger partial charge in [0.15, 0.2) is 5.76 Å². The molecule has 3 aromatic heterocycles. The highest BCUT2D eigenvalue weighted by atomic mass is 35.5. The van der Waals surface area contributed by atoms with Crippen LogP contribution in [-0.2, 0) is 6.42 Å². The second kappa shape index (κ2) is 11.1. The molecule has 0 saturated heterocycles. The number of hydrogen-bond donors (Lipinski definition) is 5. The zero-order chi connectivity index (χ0) is 27.5. The van der Waals surface area contributed by atoms with E-state index in [9.17, 15) is 14.3 Å². The van der Waals surface area contributed by atoms with E-state index in [2.05, 4.69) is 25.1 Å². The first-order chi connectivity index (χ1) is 18.8. The monoisotopic (exact) mass is 568 g/mol. The summed E-state index contributed by atoms with van der Waals surface area (Å²) in [7, 11) is 0. The van der Waals surface area contributed by atoms with E-state index in [4.69, 9.17) is 27.5 Å².